The molecule has 0 heterocycles. The SMILES string of the molecule is COc1ccc(N)c(OCc2ccc(CO)cc2)c1. The van der Waals surface area contributed by atoms with Crippen molar-refractivity contribution in [3.8, 4) is 11.5 Å². The zero-order valence-corrected chi connectivity index (χ0v) is 10.8. The highest BCUT2D eigenvalue weighted by atomic mass is 16.5. The highest BCUT2D eigenvalue weighted by Gasteiger charge is 2.03. The van der Waals surface area contributed by atoms with E-state index in [9.17, 15) is 0 Å². The van der Waals surface area contributed by atoms with Gasteiger partial charge in [0.25, 0.3) is 0 Å². The van der Waals surface area contributed by atoms with Gasteiger partial charge in [-0.2, -0.15) is 0 Å². The third kappa shape index (κ3) is 3.39. The number of nitrogen functional groups attached to an aromatic ring is 1. The molecule has 0 aliphatic heterocycles. The zero-order chi connectivity index (χ0) is 13.7. The molecule has 0 spiro atoms. The van der Waals surface area contributed by atoms with E-state index in [0.29, 0.717) is 23.8 Å². The van der Waals surface area contributed by atoms with Gasteiger partial charge in [-0.1, -0.05) is 24.3 Å². The van der Waals surface area contributed by atoms with Crippen LogP contribution in [0.15, 0.2) is 42.5 Å². The molecular weight excluding hydrogens is 242 g/mol. The van der Waals surface area contributed by atoms with Gasteiger partial charge in [-0.05, 0) is 23.3 Å². The van der Waals surface area contributed by atoms with Crippen LogP contribution in [-0.4, -0.2) is 12.2 Å². The summed E-state index contributed by atoms with van der Waals surface area (Å²) in [5.74, 6) is 1.31. The first-order valence-electron chi connectivity index (χ1n) is 5.98. The van der Waals surface area contributed by atoms with E-state index in [1.165, 1.54) is 0 Å². The molecule has 4 nitrogen and oxygen atoms in total. The predicted octanol–water partition coefficient (Wildman–Crippen LogP) is 2.35. The molecule has 0 aliphatic rings. The predicted molar refractivity (Wildman–Crippen MR) is 74.1 cm³/mol. The first-order chi connectivity index (χ1) is 9.22. The quantitative estimate of drug-likeness (QED) is 0.809. The van der Waals surface area contributed by atoms with Crippen LogP contribution in [0.4, 0.5) is 5.69 Å². The lowest BCUT2D eigenvalue weighted by Crippen LogP contribution is -1.99. The smallest absolute Gasteiger partial charge is 0.146 e. The van der Waals surface area contributed by atoms with Crippen LogP contribution < -0.4 is 15.2 Å². The first-order valence-corrected chi connectivity index (χ1v) is 5.98. The molecule has 2 aromatic rings. The summed E-state index contributed by atoms with van der Waals surface area (Å²) in [4.78, 5) is 0. The number of methoxy groups -OCH3 is 1. The molecule has 0 fully saturated rings. The van der Waals surface area contributed by atoms with Gasteiger partial charge < -0.3 is 20.3 Å². The van der Waals surface area contributed by atoms with Crippen LogP contribution in [0.1, 0.15) is 11.1 Å². The minimum atomic E-state index is 0.0456. The fourth-order valence-electron chi connectivity index (χ4n) is 1.67. The van der Waals surface area contributed by atoms with Gasteiger partial charge in [0.05, 0.1) is 19.4 Å². The Morgan fingerprint density at radius 3 is 2.37 bits per heavy atom. The molecule has 0 radical (unpaired) electrons. The van der Waals surface area contributed by atoms with Crippen LogP contribution in [0.2, 0.25) is 0 Å². The van der Waals surface area contributed by atoms with Crippen molar-refractivity contribution in [3.05, 3.63) is 53.6 Å². The number of aliphatic hydroxyl groups is 1. The van der Waals surface area contributed by atoms with Gasteiger partial charge in [-0.15, -0.1) is 0 Å². The molecule has 0 saturated heterocycles. The van der Waals surface area contributed by atoms with Crippen LogP contribution in [0.5, 0.6) is 11.5 Å². The van der Waals surface area contributed by atoms with Crippen molar-refractivity contribution in [2.24, 2.45) is 0 Å². The fourth-order valence-corrected chi connectivity index (χ4v) is 1.67. The van der Waals surface area contributed by atoms with E-state index in [-0.39, 0.29) is 6.61 Å². The van der Waals surface area contributed by atoms with E-state index in [0.717, 1.165) is 11.1 Å². The van der Waals surface area contributed by atoms with E-state index in [1.54, 1.807) is 25.3 Å². The summed E-state index contributed by atoms with van der Waals surface area (Å²) >= 11 is 0. The Hall–Kier alpha value is -2.20. The van der Waals surface area contributed by atoms with E-state index in [4.69, 9.17) is 20.3 Å². The highest BCUT2D eigenvalue weighted by Crippen LogP contribution is 2.27. The Morgan fingerprint density at radius 2 is 1.74 bits per heavy atom. The van der Waals surface area contributed by atoms with Gasteiger partial charge in [0.1, 0.15) is 18.1 Å². The Labute approximate surface area is 112 Å². The molecular formula is C15H17NO3. The van der Waals surface area contributed by atoms with Crippen molar-refractivity contribution >= 4 is 5.69 Å². The summed E-state index contributed by atoms with van der Waals surface area (Å²) < 4.78 is 10.8. The molecule has 100 valence electrons. The Bertz CT molecular complexity index is 538. The topological polar surface area (TPSA) is 64.7 Å². The van der Waals surface area contributed by atoms with Gasteiger partial charge in [-0.3, -0.25) is 0 Å². The van der Waals surface area contributed by atoms with Gasteiger partial charge in [0.2, 0.25) is 0 Å². The summed E-state index contributed by atoms with van der Waals surface area (Å²) in [6, 6.07) is 12.9. The highest BCUT2D eigenvalue weighted by molar-refractivity contribution is 5.55. The molecule has 4 heteroatoms. The van der Waals surface area contributed by atoms with E-state index >= 15 is 0 Å². The Balaban J connectivity index is 2.05. The second-order valence-electron chi connectivity index (χ2n) is 4.17. The molecule has 0 aromatic heterocycles. The largest absolute Gasteiger partial charge is 0.497 e. The van der Waals surface area contributed by atoms with Crippen molar-refractivity contribution in [2.75, 3.05) is 12.8 Å². The van der Waals surface area contributed by atoms with Crippen molar-refractivity contribution in [3.63, 3.8) is 0 Å². The maximum Gasteiger partial charge on any atom is 0.146 e. The maximum atomic E-state index is 8.97. The first kappa shape index (κ1) is 13.2. The lowest BCUT2D eigenvalue weighted by molar-refractivity contribution is 0.281. The maximum absolute atomic E-state index is 8.97. The van der Waals surface area contributed by atoms with Gasteiger partial charge in [0.15, 0.2) is 0 Å². The summed E-state index contributed by atoms with van der Waals surface area (Å²) in [6.07, 6.45) is 0. The van der Waals surface area contributed by atoms with Crippen LogP contribution in [0.3, 0.4) is 0 Å². The third-order valence-corrected chi connectivity index (χ3v) is 2.82. The summed E-state index contributed by atoms with van der Waals surface area (Å²) in [6.45, 7) is 0.465. The number of benzene rings is 2. The number of rotatable bonds is 5. The molecule has 0 bridgehead atoms. The monoisotopic (exact) mass is 259 g/mol. The minimum Gasteiger partial charge on any atom is -0.497 e. The fraction of sp³-hybridized carbons (Fsp3) is 0.200. The second kappa shape index (κ2) is 6.11. The molecule has 19 heavy (non-hydrogen) atoms. The number of nitrogens with two attached hydrogens (primary N) is 1. The molecule has 2 rings (SSSR count). The average molecular weight is 259 g/mol. The number of hydrogen-bond donors (Lipinski definition) is 2. The van der Waals surface area contributed by atoms with Crippen LogP contribution in [0.25, 0.3) is 0 Å². The van der Waals surface area contributed by atoms with Crippen LogP contribution >= 0.6 is 0 Å². The van der Waals surface area contributed by atoms with Gasteiger partial charge in [0, 0.05) is 6.07 Å². The second-order valence-corrected chi connectivity index (χ2v) is 4.17. The van der Waals surface area contributed by atoms with Crippen LogP contribution in [-0.2, 0) is 13.2 Å². The zero-order valence-electron chi connectivity index (χ0n) is 10.8. The number of ether oxygens (including phenoxy) is 2. The van der Waals surface area contributed by atoms with Crippen molar-refractivity contribution in [2.45, 2.75) is 13.2 Å². The average Bonchev–Trinajstić information content (AvgIpc) is 2.47. The third-order valence-electron chi connectivity index (χ3n) is 2.82. The van der Waals surface area contributed by atoms with Gasteiger partial charge in [-0.25, -0.2) is 0 Å². The molecule has 2 aromatic carbocycles. The van der Waals surface area contributed by atoms with Crippen molar-refractivity contribution in [1.82, 2.24) is 0 Å². The molecule has 0 aliphatic carbocycles. The number of aliphatic hydroxyl groups excluding tert-OH is 1. The lowest BCUT2D eigenvalue weighted by Gasteiger charge is -2.10. The summed E-state index contributed by atoms with van der Waals surface area (Å²) in [5, 5.41) is 8.97. The lowest BCUT2D eigenvalue weighted by atomic mass is 10.1. The number of hydrogen-bond acceptors (Lipinski definition) is 4. The van der Waals surface area contributed by atoms with Crippen molar-refractivity contribution in [1.29, 1.82) is 0 Å². The van der Waals surface area contributed by atoms with E-state index in [1.807, 2.05) is 24.3 Å². The van der Waals surface area contributed by atoms with E-state index < -0.39 is 0 Å². The normalized spacial score (nSPS) is 10.2. The summed E-state index contributed by atoms with van der Waals surface area (Å²) in [7, 11) is 1.60. The molecule has 0 amide bonds. The molecule has 0 unspecified atom stereocenters. The van der Waals surface area contributed by atoms with E-state index in [2.05, 4.69) is 0 Å². The molecule has 0 saturated carbocycles. The Morgan fingerprint density at radius 1 is 1.05 bits per heavy atom. The van der Waals surface area contributed by atoms with Gasteiger partial charge >= 0.3 is 0 Å². The standard InChI is InChI=1S/C15H17NO3/c1-18-13-6-7-14(16)15(8-13)19-10-12-4-2-11(9-17)3-5-12/h2-8,17H,9-10,16H2,1H3. The molecule has 3 N–H and O–H groups in total. The Kier molecular flexibility index (Phi) is 4.26. The minimum absolute atomic E-state index is 0.0456. The van der Waals surface area contributed by atoms with Crippen LogP contribution in [0, 0.1) is 0 Å². The molecule has 0 atom stereocenters. The van der Waals surface area contributed by atoms with Crippen molar-refractivity contribution < 1.29 is 14.6 Å². The summed E-state index contributed by atoms with van der Waals surface area (Å²) in [5.41, 5.74) is 8.31. The number of anilines is 1.